The van der Waals surface area contributed by atoms with Crippen LogP contribution >= 0.6 is 11.6 Å². The smallest absolute Gasteiger partial charge is 0.270 e. The van der Waals surface area contributed by atoms with Crippen LogP contribution in [0.5, 0.6) is 5.75 Å². The van der Waals surface area contributed by atoms with Crippen molar-refractivity contribution in [1.29, 1.82) is 0 Å². The number of para-hydroxylation sites is 1. The summed E-state index contributed by atoms with van der Waals surface area (Å²) in [6, 6.07) is 14.3. The highest BCUT2D eigenvalue weighted by Crippen LogP contribution is 2.07. The van der Waals surface area contributed by atoms with E-state index in [0.29, 0.717) is 24.0 Å². The first kappa shape index (κ1) is 13.4. The van der Waals surface area contributed by atoms with Gasteiger partial charge < -0.3 is 10.1 Å². The highest BCUT2D eigenvalue weighted by Gasteiger charge is 2.06. The van der Waals surface area contributed by atoms with Crippen molar-refractivity contribution in [3.63, 3.8) is 0 Å². The number of hydrogen-bond acceptors (Lipinski definition) is 3. The van der Waals surface area contributed by atoms with Gasteiger partial charge in [0.2, 0.25) is 0 Å². The highest BCUT2D eigenvalue weighted by atomic mass is 35.5. The molecule has 2 rings (SSSR count). The number of halogens is 1. The van der Waals surface area contributed by atoms with Gasteiger partial charge in [0.15, 0.2) is 0 Å². The van der Waals surface area contributed by atoms with Crippen LogP contribution in [0.1, 0.15) is 10.5 Å². The van der Waals surface area contributed by atoms with Gasteiger partial charge in [-0.05, 0) is 24.3 Å². The maximum Gasteiger partial charge on any atom is 0.270 e. The Labute approximate surface area is 116 Å². The van der Waals surface area contributed by atoms with Gasteiger partial charge in [-0.2, -0.15) is 0 Å². The van der Waals surface area contributed by atoms with Crippen LogP contribution in [0.15, 0.2) is 48.5 Å². The molecule has 0 radical (unpaired) electrons. The number of amides is 1. The minimum absolute atomic E-state index is 0.265. The van der Waals surface area contributed by atoms with Crippen molar-refractivity contribution in [2.45, 2.75) is 0 Å². The third-order valence-corrected chi connectivity index (χ3v) is 2.56. The van der Waals surface area contributed by atoms with E-state index in [0.717, 1.165) is 5.75 Å². The second kappa shape index (κ2) is 6.75. The van der Waals surface area contributed by atoms with Crippen LogP contribution in [0.4, 0.5) is 0 Å². The Kier molecular flexibility index (Phi) is 4.75. The fourth-order valence-electron chi connectivity index (χ4n) is 1.48. The van der Waals surface area contributed by atoms with Crippen LogP contribution in [0.25, 0.3) is 0 Å². The zero-order valence-corrected chi connectivity index (χ0v) is 10.9. The van der Waals surface area contributed by atoms with Gasteiger partial charge in [-0.3, -0.25) is 4.79 Å². The van der Waals surface area contributed by atoms with Crippen molar-refractivity contribution < 1.29 is 9.53 Å². The molecule has 0 spiro atoms. The summed E-state index contributed by atoms with van der Waals surface area (Å²) in [6.45, 7) is 0.804. The second-order valence-electron chi connectivity index (χ2n) is 3.76. The van der Waals surface area contributed by atoms with E-state index in [1.807, 2.05) is 30.3 Å². The average Bonchev–Trinajstić information content (AvgIpc) is 2.44. The van der Waals surface area contributed by atoms with Crippen molar-refractivity contribution in [3.8, 4) is 5.75 Å². The third kappa shape index (κ3) is 4.26. The highest BCUT2D eigenvalue weighted by molar-refractivity contribution is 6.29. The molecular formula is C14H13ClN2O2. The number of carbonyl (C=O) groups excluding carboxylic acids is 1. The number of nitrogens with one attached hydrogen (secondary N) is 1. The minimum Gasteiger partial charge on any atom is -0.492 e. The molecule has 2 aromatic rings. The van der Waals surface area contributed by atoms with Crippen LogP contribution in [-0.2, 0) is 0 Å². The molecule has 0 aliphatic carbocycles. The molecule has 0 aliphatic rings. The van der Waals surface area contributed by atoms with Crippen molar-refractivity contribution in [2.24, 2.45) is 0 Å². The Balaban J connectivity index is 1.75. The molecule has 1 aromatic carbocycles. The normalized spacial score (nSPS) is 9.95. The Morgan fingerprint density at radius 1 is 1.16 bits per heavy atom. The van der Waals surface area contributed by atoms with Crippen LogP contribution in [-0.4, -0.2) is 24.0 Å². The maximum absolute atomic E-state index is 11.7. The van der Waals surface area contributed by atoms with E-state index in [1.54, 1.807) is 18.2 Å². The molecule has 0 unspecified atom stereocenters. The number of pyridine rings is 1. The fourth-order valence-corrected chi connectivity index (χ4v) is 1.64. The average molecular weight is 277 g/mol. The monoisotopic (exact) mass is 276 g/mol. The summed E-state index contributed by atoms with van der Waals surface area (Å²) in [4.78, 5) is 15.6. The molecule has 0 fully saturated rings. The molecule has 0 saturated carbocycles. The zero-order valence-electron chi connectivity index (χ0n) is 10.2. The molecule has 98 valence electrons. The van der Waals surface area contributed by atoms with E-state index >= 15 is 0 Å². The van der Waals surface area contributed by atoms with Gasteiger partial charge in [-0.25, -0.2) is 4.98 Å². The van der Waals surface area contributed by atoms with Gasteiger partial charge in [-0.1, -0.05) is 35.9 Å². The first-order valence-corrected chi connectivity index (χ1v) is 6.22. The molecule has 1 aromatic heterocycles. The summed E-state index contributed by atoms with van der Waals surface area (Å²) >= 11 is 5.71. The third-order valence-electron chi connectivity index (χ3n) is 2.35. The minimum atomic E-state index is -0.265. The molecule has 0 atom stereocenters. The van der Waals surface area contributed by atoms with E-state index in [-0.39, 0.29) is 5.91 Å². The topological polar surface area (TPSA) is 51.2 Å². The lowest BCUT2D eigenvalue weighted by atomic mass is 10.3. The molecule has 5 heteroatoms. The molecule has 1 N–H and O–H groups in total. The number of aromatic nitrogens is 1. The zero-order chi connectivity index (χ0) is 13.5. The Morgan fingerprint density at radius 3 is 2.68 bits per heavy atom. The summed E-state index contributed by atoms with van der Waals surface area (Å²) < 4.78 is 5.45. The van der Waals surface area contributed by atoms with E-state index in [2.05, 4.69) is 10.3 Å². The van der Waals surface area contributed by atoms with Gasteiger partial charge in [0.05, 0.1) is 6.54 Å². The van der Waals surface area contributed by atoms with E-state index < -0.39 is 0 Å². The van der Waals surface area contributed by atoms with Crippen LogP contribution in [0.3, 0.4) is 0 Å². The first-order valence-electron chi connectivity index (χ1n) is 5.84. The Bertz CT molecular complexity index is 546. The number of carbonyl (C=O) groups is 1. The number of benzene rings is 1. The van der Waals surface area contributed by atoms with Crippen molar-refractivity contribution >= 4 is 17.5 Å². The summed E-state index contributed by atoms with van der Waals surface area (Å²) in [5.74, 6) is 0.511. The molecule has 1 heterocycles. The van der Waals surface area contributed by atoms with Crippen molar-refractivity contribution in [1.82, 2.24) is 10.3 Å². The standard InChI is InChI=1S/C14H13ClN2O2/c15-13-8-4-7-12(17-13)14(18)16-9-10-19-11-5-2-1-3-6-11/h1-8H,9-10H2,(H,16,18). The van der Waals surface area contributed by atoms with Crippen LogP contribution in [0, 0.1) is 0 Å². The van der Waals surface area contributed by atoms with Gasteiger partial charge in [-0.15, -0.1) is 0 Å². The molecule has 19 heavy (non-hydrogen) atoms. The molecule has 0 aliphatic heterocycles. The summed E-state index contributed by atoms with van der Waals surface area (Å²) in [5.41, 5.74) is 0.298. The Hall–Kier alpha value is -2.07. The number of hydrogen-bond donors (Lipinski definition) is 1. The Morgan fingerprint density at radius 2 is 1.95 bits per heavy atom. The lowest BCUT2D eigenvalue weighted by Crippen LogP contribution is -2.28. The van der Waals surface area contributed by atoms with E-state index in [9.17, 15) is 4.79 Å². The van der Waals surface area contributed by atoms with Crippen molar-refractivity contribution in [3.05, 3.63) is 59.4 Å². The molecule has 0 bridgehead atoms. The predicted octanol–water partition coefficient (Wildman–Crippen LogP) is 2.54. The van der Waals surface area contributed by atoms with Gasteiger partial charge >= 0.3 is 0 Å². The molecule has 4 nitrogen and oxygen atoms in total. The fraction of sp³-hybridized carbons (Fsp3) is 0.143. The van der Waals surface area contributed by atoms with Gasteiger partial charge in [0.1, 0.15) is 23.2 Å². The molecule has 0 saturated heterocycles. The molecule has 1 amide bonds. The van der Waals surface area contributed by atoms with Gasteiger partial charge in [0, 0.05) is 0 Å². The van der Waals surface area contributed by atoms with E-state index in [4.69, 9.17) is 16.3 Å². The summed E-state index contributed by atoms with van der Waals surface area (Å²) in [6.07, 6.45) is 0. The van der Waals surface area contributed by atoms with E-state index in [1.165, 1.54) is 0 Å². The second-order valence-corrected chi connectivity index (χ2v) is 4.15. The number of nitrogens with zero attached hydrogens (tertiary/aromatic N) is 1. The lowest BCUT2D eigenvalue weighted by Gasteiger charge is -2.07. The van der Waals surface area contributed by atoms with Crippen LogP contribution < -0.4 is 10.1 Å². The van der Waals surface area contributed by atoms with Crippen molar-refractivity contribution in [2.75, 3.05) is 13.2 Å². The summed E-state index contributed by atoms with van der Waals surface area (Å²) in [7, 11) is 0. The maximum atomic E-state index is 11.7. The SMILES string of the molecule is O=C(NCCOc1ccccc1)c1cccc(Cl)n1. The first-order chi connectivity index (χ1) is 9.25. The lowest BCUT2D eigenvalue weighted by molar-refractivity contribution is 0.0942. The number of rotatable bonds is 5. The summed E-state index contributed by atoms with van der Waals surface area (Å²) in [5, 5.41) is 3.01. The largest absolute Gasteiger partial charge is 0.492 e. The molecular weight excluding hydrogens is 264 g/mol. The number of ether oxygens (including phenoxy) is 1. The quantitative estimate of drug-likeness (QED) is 0.674. The van der Waals surface area contributed by atoms with Gasteiger partial charge in [0.25, 0.3) is 5.91 Å². The predicted molar refractivity (Wildman–Crippen MR) is 73.5 cm³/mol. The van der Waals surface area contributed by atoms with Crippen LogP contribution in [0.2, 0.25) is 5.15 Å².